The predicted octanol–water partition coefficient (Wildman–Crippen LogP) is 3.49. The van der Waals surface area contributed by atoms with E-state index in [1.807, 2.05) is 16.8 Å². The van der Waals surface area contributed by atoms with E-state index >= 15 is 0 Å². The highest BCUT2D eigenvalue weighted by Gasteiger charge is 2.27. The Bertz CT molecular complexity index is 841. The van der Waals surface area contributed by atoms with Crippen molar-refractivity contribution in [3.05, 3.63) is 47.5 Å². The number of H-pyrrole nitrogens is 1. The third-order valence-electron chi connectivity index (χ3n) is 4.12. The van der Waals surface area contributed by atoms with Crippen molar-refractivity contribution in [1.82, 2.24) is 25.1 Å². The monoisotopic (exact) mass is 357 g/mol. The fraction of sp³-hybridized carbons (Fsp3) is 0.389. The summed E-state index contributed by atoms with van der Waals surface area (Å²) in [5.41, 5.74) is 1.18. The molecule has 0 aliphatic rings. The number of aromatic nitrogens is 4. The second-order valence-electron chi connectivity index (χ2n) is 7.23. The van der Waals surface area contributed by atoms with Gasteiger partial charge in [0.1, 0.15) is 0 Å². The molecule has 3 aromatic heterocycles. The number of rotatable bonds is 5. The summed E-state index contributed by atoms with van der Waals surface area (Å²) in [6.45, 7) is 9.05. The van der Waals surface area contributed by atoms with Crippen LogP contribution in [0.5, 0.6) is 0 Å². The summed E-state index contributed by atoms with van der Waals surface area (Å²) in [4.78, 5) is 19.0. The summed E-state index contributed by atoms with van der Waals surface area (Å²) in [5.74, 6) is -0.171. The standard InChI is InChI=1S/C18H23N5OS/c1-12-5-6-15(25-12)13-9-14(22-21-13)17(24)20-16(18(2,3)4)10-23-8-7-19-11-23/h5-9,11,16H,10H2,1-4H3,(H,20,24)(H,21,22). The first-order chi connectivity index (χ1) is 11.8. The molecule has 0 fully saturated rings. The highest BCUT2D eigenvalue weighted by molar-refractivity contribution is 7.15. The molecule has 132 valence electrons. The number of nitrogens with one attached hydrogen (secondary N) is 2. The SMILES string of the molecule is Cc1ccc(-c2cc(C(=O)NC(Cn3ccnc3)C(C)(C)C)n[nH]2)s1. The number of aromatic amines is 1. The number of carbonyl (C=O) groups excluding carboxylic acids is 1. The summed E-state index contributed by atoms with van der Waals surface area (Å²) in [6.07, 6.45) is 5.40. The highest BCUT2D eigenvalue weighted by atomic mass is 32.1. The zero-order valence-electron chi connectivity index (χ0n) is 14.9. The van der Waals surface area contributed by atoms with E-state index in [0.717, 1.165) is 10.6 Å². The van der Waals surface area contributed by atoms with Gasteiger partial charge in [-0.15, -0.1) is 11.3 Å². The van der Waals surface area contributed by atoms with Crippen LogP contribution in [0.25, 0.3) is 10.6 Å². The Balaban J connectivity index is 1.74. The molecule has 3 heterocycles. The molecule has 3 rings (SSSR count). The molecule has 0 aliphatic carbocycles. The van der Waals surface area contributed by atoms with Crippen LogP contribution in [0, 0.1) is 12.3 Å². The Morgan fingerprint density at radius 3 is 2.80 bits per heavy atom. The maximum atomic E-state index is 12.7. The molecule has 0 radical (unpaired) electrons. The molecule has 0 aliphatic heterocycles. The molecule has 0 aromatic carbocycles. The second-order valence-corrected chi connectivity index (χ2v) is 8.52. The predicted molar refractivity (Wildman–Crippen MR) is 99.6 cm³/mol. The van der Waals surface area contributed by atoms with Crippen molar-refractivity contribution in [3.8, 4) is 10.6 Å². The minimum Gasteiger partial charge on any atom is -0.346 e. The van der Waals surface area contributed by atoms with Gasteiger partial charge in [-0.2, -0.15) is 5.10 Å². The highest BCUT2D eigenvalue weighted by Crippen LogP contribution is 2.26. The van der Waals surface area contributed by atoms with Gasteiger partial charge >= 0.3 is 0 Å². The number of nitrogens with zero attached hydrogens (tertiary/aromatic N) is 3. The molecule has 3 aromatic rings. The molecule has 0 saturated heterocycles. The van der Waals surface area contributed by atoms with E-state index in [4.69, 9.17) is 0 Å². The van der Waals surface area contributed by atoms with E-state index in [2.05, 4.69) is 54.3 Å². The lowest BCUT2D eigenvalue weighted by molar-refractivity contribution is 0.0887. The van der Waals surface area contributed by atoms with Crippen LogP contribution in [0.4, 0.5) is 0 Å². The number of carbonyl (C=O) groups is 1. The zero-order valence-corrected chi connectivity index (χ0v) is 15.7. The Hall–Kier alpha value is -2.41. The fourth-order valence-electron chi connectivity index (χ4n) is 2.52. The van der Waals surface area contributed by atoms with Crippen LogP contribution < -0.4 is 5.32 Å². The molecule has 2 N–H and O–H groups in total. The lowest BCUT2D eigenvalue weighted by Gasteiger charge is -2.31. The van der Waals surface area contributed by atoms with Crippen molar-refractivity contribution >= 4 is 17.2 Å². The van der Waals surface area contributed by atoms with Crippen LogP contribution in [0.3, 0.4) is 0 Å². The quantitative estimate of drug-likeness (QED) is 0.734. The van der Waals surface area contributed by atoms with Crippen molar-refractivity contribution in [2.45, 2.75) is 40.3 Å². The van der Waals surface area contributed by atoms with E-state index in [1.165, 1.54) is 4.88 Å². The molecular weight excluding hydrogens is 334 g/mol. The molecule has 7 heteroatoms. The van der Waals surface area contributed by atoms with Crippen molar-refractivity contribution < 1.29 is 4.79 Å². The Morgan fingerprint density at radius 1 is 1.40 bits per heavy atom. The van der Waals surface area contributed by atoms with Gasteiger partial charge in [0.05, 0.1) is 22.9 Å². The molecule has 25 heavy (non-hydrogen) atoms. The minimum atomic E-state index is -0.171. The van der Waals surface area contributed by atoms with Crippen LogP contribution in [0.1, 0.15) is 36.1 Å². The number of hydrogen-bond donors (Lipinski definition) is 2. The number of hydrogen-bond acceptors (Lipinski definition) is 4. The van der Waals surface area contributed by atoms with E-state index in [0.29, 0.717) is 12.2 Å². The molecule has 0 bridgehead atoms. The molecule has 1 amide bonds. The second kappa shape index (κ2) is 6.84. The molecule has 0 spiro atoms. The van der Waals surface area contributed by atoms with E-state index in [1.54, 1.807) is 29.9 Å². The van der Waals surface area contributed by atoms with Crippen molar-refractivity contribution in [2.75, 3.05) is 0 Å². The number of imidazole rings is 1. The van der Waals surface area contributed by atoms with Crippen molar-refractivity contribution in [1.29, 1.82) is 0 Å². The Labute approximate surface area is 151 Å². The summed E-state index contributed by atoms with van der Waals surface area (Å²) >= 11 is 1.67. The molecular formula is C18H23N5OS. The third kappa shape index (κ3) is 4.17. The first-order valence-corrected chi connectivity index (χ1v) is 9.03. The van der Waals surface area contributed by atoms with Crippen LogP contribution in [-0.2, 0) is 6.54 Å². The van der Waals surface area contributed by atoms with Gasteiger partial charge in [-0.25, -0.2) is 4.98 Å². The van der Waals surface area contributed by atoms with Gasteiger partial charge in [0.25, 0.3) is 5.91 Å². The topological polar surface area (TPSA) is 75.6 Å². The van der Waals surface area contributed by atoms with Crippen LogP contribution >= 0.6 is 11.3 Å². The van der Waals surface area contributed by atoms with Crippen LogP contribution in [0.15, 0.2) is 36.9 Å². The van der Waals surface area contributed by atoms with Gasteiger partial charge in [-0.3, -0.25) is 9.89 Å². The Kier molecular flexibility index (Phi) is 4.76. The maximum Gasteiger partial charge on any atom is 0.272 e. The first-order valence-electron chi connectivity index (χ1n) is 8.22. The first kappa shape index (κ1) is 17.4. The minimum absolute atomic E-state index is 0.0432. The fourth-order valence-corrected chi connectivity index (χ4v) is 3.35. The lowest BCUT2D eigenvalue weighted by atomic mass is 9.86. The zero-order chi connectivity index (χ0) is 18.0. The van der Waals surface area contributed by atoms with E-state index in [-0.39, 0.29) is 17.4 Å². The average Bonchev–Trinajstić information content (AvgIpc) is 3.26. The normalized spacial score (nSPS) is 13.0. The van der Waals surface area contributed by atoms with Crippen LogP contribution in [-0.4, -0.2) is 31.7 Å². The lowest BCUT2D eigenvalue weighted by Crippen LogP contribution is -2.46. The Morgan fingerprint density at radius 2 is 2.20 bits per heavy atom. The number of amides is 1. The summed E-state index contributed by atoms with van der Waals surface area (Å²) in [6, 6.07) is 5.85. The molecule has 1 unspecified atom stereocenters. The summed E-state index contributed by atoms with van der Waals surface area (Å²) in [7, 11) is 0. The molecule has 0 saturated carbocycles. The van der Waals surface area contributed by atoms with Crippen molar-refractivity contribution in [2.24, 2.45) is 5.41 Å². The largest absolute Gasteiger partial charge is 0.346 e. The number of thiophene rings is 1. The van der Waals surface area contributed by atoms with Crippen LogP contribution in [0.2, 0.25) is 0 Å². The van der Waals surface area contributed by atoms with Crippen molar-refractivity contribution in [3.63, 3.8) is 0 Å². The van der Waals surface area contributed by atoms with Gasteiger partial charge in [-0.1, -0.05) is 20.8 Å². The maximum absolute atomic E-state index is 12.7. The van der Waals surface area contributed by atoms with Gasteiger partial charge in [0, 0.05) is 23.8 Å². The number of aryl methyl sites for hydroxylation is 1. The van der Waals surface area contributed by atoms with Gasteiger partial charge in [0.2, 0.25) is 0 Å². The molecule has 1 atom stereocenters. The van der Waals surface area contributed by atoms with E-state index < -0.39 is 0 Å². The van der Waals surface area contributed by atoms with Gasteiger partial charge in [0.15, 0.2) is 5.69 Å². The van der Waals surface area contributed by atoms with E-state index in [9.17, 15) is 4.79 Å². The average molecular weight is 357 g/mol. The molecule has 6 nitrogen and oxygen atoms in total. The smallest absolute Gasteiger partial charge is 0.272 e. The van der Waals surface area contributed by atoms with Gasteiger partial charge in [-0.05, 0) is 30.5 Å². The summed E-state index contributed by atoms with van der Waals surface area (Å²) in [5, 5.41) is 10.3. The van der Waals surface area contributed by atoms with Gasteiger partial charge < -0.3 is 9.88 Å². The third-order valence-corrected chi connectivity index (χ3v) is 5.15. The summed E-state index contributed by atoms with van der Waals surface area (Å²) < 4.78 is 1.97.